The van der Waals surface area contributed by atoms with Gasteiger partial charge in [0.05, 0.1) is 19.1 Å². The number of imide groups is 1. The van der Waals surface area contributed by atoms with Gasteiger partial charge in [0.1, 0.15) is 0 Å². The lowest BCUT2D eigenvalue weighted by Crippen LogP contribution is -2.45. The minimum Gasteiger partial charge on any atom is -0.545 e. The first-order valence-electron chi connectivity index (χ1n) is 8.29. The second-order valence-electron chi connectivity index (χ2n) is 6.08. The fraction of sp³-hybridized carbons (Fsp3) is 0.158. The predicted octanol–water partition coefficient (Wildman–Crippen LogP) is 0.563. The molecule has 1 unspecified atom stereocenters. The molecule has 144 valence electrons. The fourth-order valence-corrected chi connectivity index (χ4v) is 3.87. The van der Waals surface area contributed by atoms with E-state index in [1.54, 1.807) is 36.4 Å². The van der Waals surface area contributed by atoms with Crippen molar-refractivity contribution in [3.63, 3.8) is 0 Å². The summed E-state index contributed by atoms with van der Waals surface area (Å²) < 4.78 is 0. The van der Waals surface area contributed by atoms with Gasteiger partial charge < -0.3 is 20.5 Å². The van der Waals surface area contributed by atoms with Crippen LogP contribution < -0.4 is 15.7 Å². The number of anilines is 1. The van der Waals surface area contributed by atoms with Crippen LogP contribution in [0.3, 0.4) is 0 Å². The van der Waals surface area contributed by atoms with Gasteiger partial charge in [-0.2, -0.15) is 0 Å². The van der Waals surface area contributed by atoms with Crippen molar-refractivity contribution >= 4 is 40.5 Å². The number of carbonyl (C=O) groups is 4. The van der Waals surface area contributed by atoms with Crippen LogP contribution in [0.15, 0.2) is 54.6 Å². The Morgan fingerprint density at radius 3 is 2.46 bits per heavy atom. The standard InChI is InChI=1S/C19H17N3O5S/c20-15(23)11-21(14-7-2-1-3-8-14)17-16(24)22(19(27)28-17)10-12-5-4-6-13(9-12)18(25)26/h1-9,17H,10-11H2,(H2,20,23)(H,25,26)/p-1. The number of nitrogens with zero attached hydrogens (tertiary/aromatic N) is 2. The lowest BCUT2D eigenvalue weighted by molar-refractivity contribution is -0.255. The third kappa shape index (κ3) is 4.15. The van der Waals surface area contributed by atoms with E-state index >= 15 is 0 Å². The van der Waals surface area contributed by atoms with Crippen LogP contribution >= 0.6 is 11.8 Å². The topological polar surface area (TPSA) is 124 Å². The quantitative estimate of drug-likeness (QED) is 0.723. The van der Waals surface area contributed by atoms with Gasteiger partial charge in [-0.3, -0.25) is 19.3 Å². The zero-order chi connectivity index (χ0) is 20.3. The van der Waals surface area contributed by atoms with Crippen molar-refractivity contribution in [1.29, 1.82) is 0 Å². The maximum Gasteiger partial charge on any atom is 0.291 e. The number of nitrogens with two attached hydrogens (primary N) is 1. The number of para-hydroxylation sites is 1. The molecular formula is C19H16N3O5S-. The number of aromatic carboxylic acids is 1. The Morgan fingerprint density at radius 2 is 1.82 bits per heavy atom. The molecule has 1 fully saturated rings. The molecule has 0 aliphatic carbocycles. The number of carboxylic acids is 1. The number of rotatable bonds is 7. The number of hydrogen-bond donors (Lipinski definition) is 1. The van der Waals surface area contributed by atoms with Crippen LogP contribution in [0.1, 0.15) is 15.9 Å². The molecule has 0 radical (unpaired) electrons. The minimum atomic E-state index is -1.34. The van der Waals surface area contributed by atoms with E-state index in [4.69, 9.17) is 5.73 Å². The second kappa shape index (κ2) is 8.13. The monoisotopic (exact) mass is 398 g/mol. The molecule has 28 heavy (non-hydrogen) atoms. The zero-order valence-corrected chi connectivity index (χ0v) is 15.4. The number of benzene rings is 2. The maximum atomic E-state index is 12.9. The van der Waals surface area contributed by atoms with Gasteiger partial charge in [0.2, 0.25) is 5.91 Å². The van der Waals surface area contributed by atoms with Crippen LogP contribution in [0, 0.1) is 0 Å². The molecule has 1 atom stereocenters. The van der Waals surface area contributed by atoms with Gasteiger partial charge in [0.25, 0.3) is 11.1 Å². The van der Waals surface area contributed by atoms with Gasteiger partial charge in [0.15, 0.2) is 5.37 Å². The molecule has 1 aliphatic rings. The number of amides is 3. The highest BCUT2D eigenvalue weighted by molar-refractivity contribution is 8.15. The van der Waals surface area contributed by atoms with Crippen molar-refractivity contribution in [3.05, 3.63) is 65.7 Å². The summed E-state index contributed by atoms with van der Waals surface area (Å²) in [7, 11) is 0. The van der Waals surface area contributed by atoms with Crippen LogP contribution in [-0.2, 0) is 16.1 Å². The summed E-state index contributed by atoms with van der Waals surface area (Å²) in [4.78, 5) is 50.3. The van der Waals surface area contributed by atoms with Crippen LogP contribution in [-0.4, -0.2) is 39.8 Å². The van der Waals surface area contributed by atoms with Gasteiger partial charge in [-0.1, -0.05) is 36.4 Å². The number of carbonyl (C=O) groups excluding carboxylic acids is 4. The summed E-state index contributed by atoms with van der Waals surface area (Å²) in [5.41, 5.74) is 6.34. The smallest absolute Gasteiger partial charge is 0.291 e. The maximum absolute atomic E-state index is 12.9. The van der Waals surface area contributed by atoms with E-state index in [-0.39, 0.29) is 18.7 Å². The summed E-state index contributed by atoms with van der Waals surface area (Å²) in [5, 5.41) is 9.58. The van der Waals surface area contributed by atoms with Crippen LogP contribution in [0.5, 0.6) is 0 Å². The zero-order valence-electron chi connectivity index (χ0n) is 14.6. The first-order valence-corrected chi connectivity index (χ1v) is 9.17. The van der Waals surface area contributed by atoms with Crippen molar-refractivity contribution in [2.45, 2.75) is 11.9 Å². The Balaban J connectivity index is 1.84. The van der Waals surface area contributed by atoms with E-state index in [0.29, 0.717) is 11.3 Å². The normalized spacial score (nSPS) is 16.3. The van der Waals surface area contributed by atoms with Gasteiger partial charge >= 0.3 is 0 Å². The molecule has 9 heteroatoms. The Bertz CT molecular complexity index is 934. The third-order valence-electron chi connectivity index (χ3n) is 4.11. The van der Waals surface area contributed by atoms with Crippen molar-refractivity contribution in [2.24, 2.45) is 5.73 Å². The number of carboxylic acid groups (broad SMARTS) is 1. The average Bonchev–Trinajstić information content (AvgIpc) is 2.95. The van der Waals surface area contributed by atoms with E-state index in [9.17, 15) is 24.3 Å². The molecule has 0 aromatic heterocycles. The fourth-order valence-electron chi connectivity index (χ4n) is 2.85. The van der Waals surface area contributed by atoms with E-state index in [1.807, 2.05) is 0 Å². The van der Waals surface area contributed by atoms with E-state index in [0.717, 1.165) is 16.7 Å². The van der Waals surface area contributed by atoms with Crippen molar-refractivity contribution < 1.29 is 24.3 Å². The molecule has 2 N–H and O–H groups in total. The molecule has 1 heterocycles. The highest BCUT2D eigenvalue weighted by Gasteiger charge is 2.43. The Kier molecular flexibility index (Phi) is 5.65. The molecule has 8 nitrogen and oxygen atoms in total. The van der Waals surface area contributed by atoms with E-state index in [2.05, 4.69) is 0 Å². The first-order chi connectivity index (χ1) is 13.4. The van der Waals surface area contributed by atoms with E-state index < -0.39 is 28.4 Å². The van der Waals surface area contributed by atoms with E-state index in [1.165, 1.54) is 23.1 Å². The summed E-state index contributed by atoms with van der Waals surface area (Å²) in [6.45, 7) is -0.309. The predicted molar refractivity (Wildman–Crippen MR) is 101 cm³/mol. The number of hydrogen-bond acceptors (Lipinski definition) is 7. The summed E-state index contributed by atoms with van der Waals surface area (Å²) in [6, 6.07) is 14.6. The molecule has 0 saturated carbocycles. The molecular weight excluding hydrogens is 382 g/mol. The minimum absolute atomic E-state index is 0.0413. The molecule has 1 saturated heterocycles. The molecule has 0 bridgehead atoms. The van der Waals surface area contributed by atoms with Crippen molar-refractivity contribution in [3.8, 4) is 0 Å². The van der Waals surface area contributed by atoms with Crippen LogP contribution in [0.2, 0.25) is 0 Å². The Morgan fingerprint density at radius 1 is 1.11 bits per heavy atom. The molecule has 2 aromatic carbocycles. The SMILES string of the molecule is NC(=O)CN(c1ccccc1)C1SC(=O)N(Cc2cccc(C(=O)[O-])c2)C1=O. The van der Waals surface area contributed by atoms with Gasteiger partial charge in [0, 0.05) is 5.69 Å². The van der Waals surface area contributed by atoms with Gasteiger partial charge in [-0.15, -0.1) is 0 Å². The van der Waals surface area contributed by atoms with Gasteiger partial charge in [-0.05, 0) is 41.1 Å². The molecule has 3 amide bonds. The summed E-state index contributed by atoms with van der Waals surface area (Å²) >= 11 is 0.783. The molecule has 0 spiro atoms. The highest BCUT2D eigenvalue weighted by atomic mass is 32.2. The second-order valence-corrected chi connectivity index (χ2v) is 7.11. The Hall–Kier alpha value is -3.33. The third-order valence-corrected chi connectivity index (χ3v) is 5.21. The molecule has 1 aliphatic heterocycles. The molecule has 2 aromatic rings. The van der Waals surface area contributed by atoms with Crippen LogP contribution in [0.25, 0.3) is 0 Å². The van der Waals surface area contributed by atoms with Crippen molar-refractivity contribution in [1.82, 2.24) is 4.90 Å². The van der Waals surface area contributed by atoms with Crippen LogP contribution in [0.4, 0.5) is 10.5 Å². The average molecular weight is 398 g/mol. The van der Waals surface area contributed by atoms with Gasteiger partial charge in [-0.25, -0.2) is 0 Å². The summed E-state index contributed by atoms with van der Waals surface area (Å²) in [6.07, 6.45) is 0. The Labute approximate surface area is 164 Å². The summed E-state index contributed by atoms with van der Waals surface area (Å²) in [5.74, 6) is -2.48. The van der Waals surface area contributed by atoms with Crippen molar-refractivity contribution in [2.75, 3.05) is 11.4 Å². The number of primary amides is 1. The number of thioether (sulfide) groups is 1. The lowest BCUT2D eigenvalue weighted by atomic mass is 10.1. The molecule has 3 rings (SSSR count). The highest BCUT2D eigenvalue weighted by Crippen LogP contribution is 2.33. The first kappa shape index (κ1) is 19.4. The lowest BCUT2D eigenvalue weighted by Gasteiger charge is -2.27. The largest absolute Gasteiger partial charge is 0.545 e.